The lowest BCUT2D eigenvalue weighted by Crippen LogP contribution is -3.00. The molecule has 4 N–H and O–H groups in total. The number of benzene rings is 2. The molecule has 2 atom stereocenters. The first kappa shape index (κ1) is 50.8. The van der Waals surface area contributed by atoms with Crippen molar-refractivity contribution in [3.05, 3.63) is 71.3 Å². The van der Waals surface area contributed by atoms with E-state index in [-0.39, 0.29) is 61.9 Å². The van der Waals surface area contributed by atoms with Crippen LogP contribution < -0.4 is 12.4 Å². The monoisotopic (exact) mass is 589 g/mol. The maximum atomic E-state index is 10.6. The number of carboxylic acid groups (broad SMARTS) is 1. The summed E-state index contributed by atoms with van der Waals surface area (Å²) in [6, 6.07) is 17.7. The smallest absolute Gasteiger partial charge is 0.335 e. The summed E-state index contributed by atoms with van der Waals surface area (Å²) in [6.45, 7) is 13.7. The van der Waals surface area contributed by atoms with Crippen molar-refractivity contribution in [2.45, 2.75) is 89.0 Å². The Morgan fingerprint density at radius 1 is 0.675 bits per heavy atom. The number of hydrogen-bond acceptors (Lipinski definition) is 4. The van der Waals surface area contributed by atoms with Crippen molar-refractivity contribution in [1.82, 2.24) is 0 Å². The lowest BCUT2D eigenvalue weighted by atomic mass is 9.98. The summed E-state index contributed by atoms with van der Waals surface area (Å²) in [7, 11) is 0. The highest BCUT2D eigenvalue weighted by atomic mass is 35.5. The lowest BCUT2D eigenvalue weighted by Gasteiger charge is -2.36. The summed E-state index contributed by atoms with van der Waals surface area (Å²) >= 11 is 0. The summed E-state index contributed by atoms with van der Waals surface area (Å²) in [5, 5.41) is 35.1. The van der Waals surface area contributed by atoms with E-state index in [0.717, 1.165) is 13.0 Å². The standard InChI is InChI=1S/C11H14O2.C10H14.C8H20NO3.4CH4.ClH/c1-3-8(2)9-4-6-10(7-5-9)11(12)13;1-3-9(2)10-7-5-4-6-8-10;1-2-9(3-6-10,4-7-11)5-8-12;;;;;/h4-8H,3H2,1-2H3,(H,12,13);4-9H,3H2,1-2H3;10-12H,2-8H2,1H3;4*1H4;1H/q;;+1;;;;;/p-1. The zero-order valence-corrected chi connectivity index (χ0v) is 23.5. The highest BCUT2D eigenvalue weighted by Gasteiger charge is 2.22. The molecule has 40 heavy (non-hydrogen) atoms. The second-order valence-corrected chi connectivity index (χ2v) is 8.96. The van der Waals surface area contributed by atoms with Crippen LogP contribution in [0.5, 0.6) is 0 Å². The van der Waals surface area contributed by atoms with Gasteiger partial charge in [0.15, 0.2) is 0 Å². The van der Waals surface area contributed by atoms with E-state index in [9.17, 15) is 4.79 Å². The summed E-state index contributed by atoms with van der Waals surface area (Å²) in [4.78, 5) is 10.6. The minimum Gasteiger partial charge on any atom is -1.00 e. The van der Waals surface area contributed by atoms with Gasteiger partial charge in [0.05, 0.1) is 31.9 Å². The zero-order valence-electron chi connectivity index (χ0n) is 22.7. The van der Waals surface area contributed by atoms with E-state index >= 15 is 0 Å². The first-order valence-corrected chi connectivity index (χ1v) is 12.8. The topological polar surface area (TPSA) is 98.0 Å². The lowest BCUT2D eigenvalue weighted by molar-refractivity contribution is -0.927. The number of quaternary nitrogens is 1. The van der Waals surface area contributed by atoms with Crippen molar-refractivity contribution < 1.29 is 42.1 Å². The number of likely N-dealkylation sites (N-methyl/N-ethyl adjacent to an activating group) is 1. The van der Waals surface area contributed by atoms with Crippen LogP contribution >= 0.6 is 0 Å². The zero-order chi connectivity index (χ0) is 26.7. The molecule has 0 aromatic heterocycles. The van der Waals surface area contributed by atoms with E-state index in [2.05, 4.69) is 58.0 Å². The van der Waals surface area contributed by atoms with Crippen molar-refractivity contribution in [2.75, 3.05) is 46.0 Å². The second-order valence-electron chi connectivity index (χ2n) is 8.96. The number of aliphatic hydroxyl groups is 3. The van der Waals surface area contributed by atoms with Crippen LogP contribution in [0, 0.1) is 0 Å². The molecule has 0 aliphatic rings. The maximum absolute atomic E-state index is 10.6. The van der Waals surface area contributed by atoms with Crippen LogP contribution in [0.2, 0.25) is 0 Å². The SMILES string of the molecule is C.C.C.C.CCC(C)c1ccc(C(=O)O)cc1.CCC(C)c1ccccc1.CC[N+](CCO)(CCO)CCO.[Cl-]. The van der Waals surface area contributed by atoms with Crippen LogP contribution in [0.15, 0.2) is 54.6 Å². The van der Waals surface area contributed by atoms with Crippen molar-refractivity contribution >= 4 is 5.97 Å². The van der Waals surface area contributed by atoms with Gasteiger partial charge in [-0.1, -0.05) is 99.9 Å². The highest BCUT2D eigenvalue weighted by Crippen LogP contribution is 2.19. The first-order valence-electron chi connectivity index (χ1n) is 12.8. The Labute approximate surface area is 254 Å². The Kier molecular flexibility index (Phi) is 38.1. The predicted octanol–water partition coefficient (Wildman–Crippen LogP) is 4.45. The molecule has 0 radical (unpaired) electrons. The first-order chi connectivity index (χ1) is 16.7. The fourth-order valence-electron chi connectivity index (χ4n) is 3.65. The van der Waals surface area contributed by atoms with Gasteiger partial charge in [-0.15, -0.1) is 0 Å². The highest BCUT2D eigenvalue weighted by molar-refractivity contribution is 5.87. The van der Waals surface area contributed by atoms with Gasteiger partial charge < -0.3 is 37.3 Å². The Balaban J connectivity index is -0.000000103. The summed E-state index contributed by atoms with van der Waals surface area (Å²) < 4.78 is 0.601. The van der Waals surface area contributed by atoms with E-state index in [0.29, 0.717) is 41.5 Å². The molecule has 0 fully saturated rings. The Bertz CT molecular complexity index is 770. The molecule has 0 heterocycles. The maximum Gasteiger partial charge on any atom is 0.335 e. The van der Waals surface area contributed by atoms with Gasteiger partial charge in [-0.2, -0.15) is 0 Å². The molecule has 2 rings (SSSR count). The number of aliphatic hydroxyl groups excluding tert-OH is 3. The van der Waals surface area contributed by atoms with E-state index in [1.807, 2.05) is 19.1 Å². The molecule has 7 heteroatoms. The molecule has 0 aliphatic carbocycles. The summed E-state index contributed by atoms with van der Waals surface area (Å²) in [6.07, 6.45) is 2.30. The van der Waals surface area contributed by atoms with Crippen molar-refractivity contribution in [2.24, 2.45) is 0 Å². The minimum absolute atomic E-state index is 0. The van der Waals surface area contributed by atoms with Crippen LogP contribution in [0.1, 0.15) is 110 Å². The van der Waals surface area contributed by atoms with Crippen LogP contribution in [0.3, 0.4) is 0 Å². The molecular weight excluding hydrogens is 526 g/mol. The molecule has 0 aliphatic heterocycles. The molecule has 0 saturated heterocycles. The second kappa shape index (κ2) is 30.0. The molecule has 0 saturated carbocycles. The third-order valence-electron chi connectivity index (χ3n) is 6.71. The van der Waals surface area contributed by atoms with Gasteiger partial charge in [0.2, 0.25) is 0 Å². The number of halogens is 1. The number of aromatic carboxylic acids is 1. The van der Waals surface area contributed by atoms with Gasteiger partial charge in [0.25, 0.3) is 0 Å². The van der Waals surface area contributed by atoms with Crippen LogP contribution in [0.25, 0.3) is 0 Å². The average molecular weight is 590 g/mol. The fourth-order valence-corrected chi connectivity index (χ4v) is 3.65. The van der Waals surface area contributed by atoms with Crippen LogP contribution in [-0.4, -0.2) is 76.9 Å². The van der Waals surface area contributed by atoms with E-state index < -0.39 is 5.97 Å². The van der Waals surface area contributed by atoms with E-state index in [1.54, 1.807) is 12.1 Å². The number of carboxylic acids is 1. The van der Waals surface area contributed by atoms with Gasteiger partial charge in [-0.05, 0) is 54.9 Å². The van der Waals surface area contributed by atoms with Gasteiger partial charge in [0, 0.05) is 0 Å². The molecule has 238 valence electrons. The number of rotatable bonds is 12. The third-order valence-corrected chi connectivity index (χ3v) is 6.71. The Hall–Kier alpha value is -1.96. The number of nitrogens with zero attached hydrogens (tertiary/aromatic N) is 1. The third kappa shape index (κ3) is 20.0. The molecule has 2 aromatic carbocycles. The van der Waals surface area contributed by atoms with Crippen molar-refractivity contribution in [1.29, 1.82) is 0 Å². The molecule has 2 aromatic rings. The van der Waals surface area contributed by atoms with Crippen molar-refractivity contribution in [3.63, 3.8) is 0 Å². The molecule has 0 amide bonds. The van der Waals surface area contributed by atoms with Gasteiger partial charge in [-0.25, -0.2) is 4.79 Å². The minimum atomic E-state index is -0.865. The van der Waals surface area contributed by atoms with Crippen LogP contribution in [0.4, 0.5) is 0 Å². The molecular formula is C33H64ClNO5. The van der Waals surface area contributed by atoms with E-state index in [4.69, 9.17) is 20.4 Å². The Morgan fingerprint density at radius 3 is 1.30 bits per heavy atom. The number of carbonyl (C=O) groups is 1. The molecule has 2 unspecified atom stereocenters. The van der Waals surface area contributed by atoms with Gasteiger partial charge in [-0.3, -0.25) is 0 Å². The van der Waals surface area contributed by atoms with Crippen LogP contribution in [-0.2, 0) is 0 Å². The Morgan fingerprint density at radius 2 is 1.02 bits per heavy atom. The summed E-state index contributed by atoms with van der Waals surface area (Å²) in [5.41, 5.74) is 3.00. The summed E-state index contributed by atoms with van der Waals surface area (Å²) in [5.74, 6) is 0.347. The predicted molar refractivity (Wildman–Crippen MR) is 171 cm³/mol. The normalized spacial score (nSPS) is 10.9. The molecule has 0 bridgehead atoms. The largest absolute Gasteiger partial charge is 1.00 e. The average Bonchev–Trinajstić information content (AvgIpc) is 2.89. The van der Waals surface area contributed by atoms with Gasteiger partial charge in [0.1, 0.15) is 19.6 Å². The van der Waals surface area contributed by atoms with Crippen molar-refractivity contribution in [3.8, 4) is 0 Å². The molecule has 6 nitrogen and oxygen atoms in total. The quantitative estimate of drug-likeness (QED) is 0.274. The number of hydrogen-bond donors (Lipinski definition) is 4. The fraction of sp³-hybridized carbons (Fsp3) is 0.606. The van der Waals surface area contributed by atoms with Gasteiger partial charge >= 0.3 is 5.97 Å². The molecule has 0 spiro atoms. The van der Waals surface area contributed by atoms with E-state index in [1.165, 1.54) is 17.5 Å².